The van der Waals surface area contributed by atoms with Crippen molar-refractivity contribution < 1.29 is 27.2 Å². The zero-order valence-corrected chi connectivity index (χ0v) is 11.6. The Morgan fingerprint density at radius 3 is 2.65 bits per heavy atom. The van der Waals surface area contributed by atoms with E-state index in [2.05, 4.69) is 4.18 Å². The van der Waals surface area contributed by atoms with Crippen LogP contribution >= 0.6 is 0 Å². The molecule has 0 aliphatic carbocycles. The zero-order chi connectivity index (χ0) is 14.8. The summed E-state index contributed by atoms with van der Waals surface area (Å²) in [6.45, 7) is 1.72. The van der Waals surface area contributed by atoms with E-state index in [1.165, 1.54) is 6.92 Å². The molecule has 1 saturated heterocycles. The molecule has 1 fully saturated rings. The average molecular weight is 301 g/mol. The molecule has 2 unspecified atom stereocenters. The molecule has 0 radical (unpaired) electrons. The van der Waals surface area contributed by atoms with E-state index in [0.717, 1.165) is 5.56 Å². The Kier molecular flexibility index (Phi) is 4.26. The van der Waals surface area contributed by atoms with Gasteiger partial charge in [-0.3, -0.25) is 0 Å². The first kappa shape index (κ1) is 14.8. The molecule has 1 aliphatic rings. The third-order valence-corrected chi connectivity index (χ3v) is 4.40. The molecule has 2 atom stereocenters. The number of benzene rings is 1. The maximum Gasteiger partial charge on any atom is 0.423 e. The van der Waals surface area contributed by atoms with Gasteiger partial charge < -0.3 is 9.84 Å². The first-order valence-electron chi connectivity index (χ1n) is 5.99. The fraction of sp³-hybridized carbons (Fsp3) is 0.417. The van der Waals surface area contributed by atoms with Crippen LogP contribution in [0.1, 0.15) is 12.5 Å². The molecule has 7 nitrogen and oxygen atoms in total. The number of amides is 1. The van der Waals surface area contributed by atoms with Crippen LogP contribution in [0.3, 0.4) is 0 Å². The Bertz CT molecular complexity index is 573. The molecule has 1 N–H and O–H groups in total. The van der Waals surface area contributed by atoms with E-state index >= 15 is 0 Å². The lowest BCUT2D eigenvalue weighted by atomic mass is 10.2. The van der Waals surface area contributed by atoms with Gasteiger partial charge in [0.25, 0.3) is 0 Å². The first-order valence-corrected chi connectivity index (χ1v) is 7.35. The molecule has 0 aromatic heterocycles. The predicted molar refractivity (Wildman–Crippen MR) is 69.2 cm³/mol. The highest BCUT2D eigenvalue weighted by Crippen LogP contribution is 2.25. The summed E-state index contributed by atoms with van der Waals surface area (Å²) in [4.78, 5) is 11.0. The number of carboxylic acid groups (broad SMARTS) is 1. The lowest BCUT2D eigenvalue weighted by Crippen LogP contribution is -2.42. The molecule has 1 heterocycles. The summed E-state index contributed by atoms with van der Waals surface area (Å²) in [6.07, 6.45) is -2.34. The molecule has 0 spiro atoms. The molecule has 1 aromatic rings. The minimum atomic E-state index is -4.23. The van der Waals surface area contributed by atoms with Gasteiger partial charge in [-0.25, -0.2) is 8.98 Å². The van der Waals surface area contributed by atoms with Crippen LogP contribution in [-0.2, 0) is 25.8 Å². The fourth-order valence-electron chi connectivity index (χ4n) is 1.97. The van der Waals surface area contributed by atoms with Gasteiger partial charge in [0.2, 0.25) is 0 Å². The van der Waals surface area contributed by atoms with Crippen molar-refractivity contribution in [3.63, 3.8) is 0 Å². The highest BCUT2D eigenvalue weighted by atomic mass is 32.2. The summed E-state index contributed by atoms with van der Waals surface area (Å²) in [7, 11) is -4.23. The van der Waals surface area contributed by atoms with Crippen molar-refractivity contribution in [2.45, 2.75) is 25.7 Å². The Morgan fingerprint density at radius 1 is 1.40 bits per heavy atom. The average Bonchev–Trinajstić information content (AvgIpc) is 2.60. The van der Waals surface area contributed by atoms with E-state index in [1.54, 1.807) is 0 Å². The van der Waals surface area contributed by atoms with Crippen LogP contribution in [0, 0.1) is 0 Å². The second-order valence-electron chi connectivity index (χ2n) is 4.41. The van der Waals surface area contributed by atoms with Gasteiger partial charge in [-0.1, -0.05) is 30.3 Å². The Balaban J connectivity index is 1.99. The monoisotopic (exact) mass is 301 g/mol. The SMILES string of the molecule is CC1OS(=O)(=O)N(C(=O)O)C1COCc1ccccc1. The van der Waals surface area contributed by atoms with E-state index < -0.39 is 28.5 Å². The Labute approximate surface area is 117 Å². The molecule has 1 aromatic carbocycles. The predicted octanol–water partition coefficient (Wildman–Crippen LogP) is 1.22. The maximum absolute atomic E-state index is 11.5. The van der Waals surface area contributed by atoms with Crippen molar-refractivity contribution >= 4 is 16.4 Å². The molecule has 1 amide bonds. The Morgan fingerprint density at radius 2 is 2.05 bits per heavy atom. The van der Waals surface area contributed by atoms with Crippen molar-refractivity contribution in [3.8, 4) is 0 Å². The zero-order valence-electron chi connectivity index (χ0n) is 10.8. The molecule has 0 saturated carbocycles. The van der Waals surface area contributed by atoms with Gasteiger partial charge in [0.15, 0.2) is 0 Å². The van der Waals surface area contributed by atoms with Crippen molar-refractivity contribution in [3.05, 3.63) is 35.9 Å². The van der Waals surface area contributed by atoms with Crippen molar-refractivity contribution in [2.75, 3.05) is 6.61 Å². The lowest BCUT2D eigenvalue weighted by Gasteiger charge is -2.19. The van der Waals surface area contributed by atoms with Gasteiger partial charge in [0.1, 0.15) is 12.1 Å². The molecule has 2 rings (SSSR count). The fourth-order valence-corrected chi connectivity index (χ4v) is 3.33. The number of ether oxygens (including phenoxy) is 1. The Hall–Kier alpha value is -1.64. The van der Waals surface area contributed by atoms with E-state index in [9.17, 15) is 13.2 Å². The normalized spacial score (nSPS) is 24.8. The van der Waals surface area contributed by atoms with Crippen LogP contribution in [0.5, 0.6) is 0 Å². The highest BCUT2D eigenvalue weighted by Gasteiger charge is 2.47. The van der Waals surface area contributed by atoms with Gasteiger partial charge in [-0.05, 0) is 12.5 Å². The standard InChI is InChI=1S/C12H15NO6S/c1-9-11(13(12(14)15)20(16,17)19-9)8-18-7-10-5-3-2-4-6-10/h2-6,9,11H,7-8H2,1H3,(H,14,15). The summed E-state index contributed by atoms with van der Waals surface area (Å²) in [5.74, 6) is 0. The van der Waals surface area contributed by atoms with E-state index in [4.69, 9.17) is 9.84 Å². The molecule has 8 heteroatoms. The van der Waals surface area contributed by atoms with Gasteiger partial charge in [0.05, 0.1) is 13.2 Å². The summed E-state index contributed by atoms with van der Waals surface area (Å²) < 4.78 is 33.4. The largest absolute Gasteiger partial charge is 0.464 e. The minimum Gasteiger partial charge on any atom is -0.464 e. The quantitative estimate of drug-likeness (QED) is 0.898. The highest BCUT2D eigenvalue weighted by molar-refractivity contribution is 7.85. The summed E-state index contributed by atoms with van der Waals surface area (Å²) in [6, 6.07) is 8.43. The van der Waals surface area contributed by atoms with E-state index in [0.29, 0.717) is 4.31 Å². The third kappa shape index (κ3) is 3.09. The van der Waals surface area contributed by atoms with E-state index in [-0.39, 0.29) is 13.2 Å². The first-order chi connectivity index (χ1) is 9.42. The van der Waals surface area contributed by atoms with Crippen LogP contribution in [0.2, 0.25) is 0 Å². The number of carbonyl (C=O) groups is 1. The van der Waals surface area contributed by atoms with E-state index in [1.807, 2.05) is 30.3 Å². The maximum atomic E-state index is 11.5. The second kappa shape index (κ2) is 5.78. The molecular formula is C12H15NO6S. The summed E-state index contributed by atoms with van der Waals surface area (Å²) in [5.41, 5.74) is 0.920. The molecule has 110 valence electrons. The second-order valence-corrected chi connectivity index (χ2v) is 5.85. The van der Waals surface area contributed by atoms with Gasteiger partial charge in [-0.15, -0.1) is 0 Å². The van der Waals surface area contributed by atoms with Gasteiger partial charge in [-0.2, -0.15) is 12.7 Å². The van der Waals surface area contributed by atoms with Crippen molar-refractivity contribution in [1.82, 2.24) is 4.31 Å². The number of nitrogens with zero attached hydrogens (tertiary/aromatic N) is 1. The van der Waals surface area contributed by atoms with Crippen LogP contribution < -0.4 is 0 Å². The van der Waals surface area contributed by atoms with Crippen LogP contribution in [0.25, 0.3) is 0 Å². The molecule has 20 heavy (non-hydrogen) atoms. The molecular weight excluding hydrogens is 286 g/mol. The van der Waals surface area contributed by atoms with Crippen molar-refractivity contribution in [1.29, 1.82) is 0 Å². The van der Waals surface area contributed by atoms with Gasteiger partial charge in [0, 0.05) is 0 Å². The number of hydrogen-bond acceptors (Lipinski definition) is 5. The molecule has 1 aliphatic heterocycles. The van der Waals surface area contributed by atoms with Crippen LogP contribution in [0.15, 0.2) is 30.3 Å². The van der Waals surface area contributed by atoms with Crippen LogP contribution in [0.4, 0.5) is 4.79 Å². The smallest absolute Gasteiger partial charge is 0.423 e. The topological polar surface area (TPSA) is 93.1 Å². The summed E-state index contributed by atoms with van der Waals surface area (Å²) >= 11 is 0. The third-order valence-electron chi connectivity index (χ3n) is 2.95. The summed E-state index contributed by atoms with van der Waals surface area (Å²) in [5, 5.41) is 8.96. The lowest BCUT2D eigenvalue weighted by molar-refractivity contribution is 0.0585. The van der Waals surface area contributed by atoms with Gasteiger partial charge >= 0.3 is 16.4 Å². The minimum absolute atomic E-state index is 0.0540. The number of hydrogen-bond donors (Lipinski definition) is 1. The van der Waals surface area contributed by atoms with Crippen LogP contribution in [-0.4, -0.2) is 42.7 Å². The van der Waals surface area contributed by atoms with Crippen molar-refractivity contribution in [2.24, 2.45) is 0 Å². The molecule has 0 bridgehead atoms. The number of rotatable bonds is 4.